The average molecular weight is 225 g/mol. The minimum Gasteiger partial charge on any atom is -0.481 e. The Bertz CT molecular complexity index is 341. The number of rotatable bonds is 5. The molecule has 82 valence electrons. The van der Waals surface area contributed by atoms with Crippen LogP contribution in [0.15, 0.2) is 29.2 Å². The van der Waals surface area contributed by atoms with E-state index in [1.165, 1.54) is 4.90 Å². The molecule has 0 aliphatic heterocycles. The van der Waals surface area contributed by atoms with Crippen molar-refractivity contribution in [2.24, 2.45) is 0 Å². The molecule has 2 N–H and O–H groups in total. The topological polar surface area (TPSA) is 49.3 Å². The molecular weight excluding hydrogens is 210 g/mol. The van der Waals surface area contributed by atoms with Crippen molar-refractivity contribution in [1.29, 1.82) is 0 Å². The van der Waals surface area contributed by atoms with Gasteiger partial charge in [-0.2, -0.15) is 0 Å². The van der Waals surface area contributed by atoms with Gasteiger partial charge >= 0.3 is 5.97 Å². The summed E-state index contributed by atoms with van der Waals surface area (Å²) in [6.07, 6.45) is 2.14. The number of thioether (sulfide) groups is 1. The summed E-state index contributed by atoms with van der Waals surface area (Å²) in [6, 6.07) is 7.89. The Morgan fingerprint density at radius 2 is 2.33 bits per heavy atom. The molecule has 0 saturated carbocycles. The second-order valence-corrected chi connectivity index (χ2v) is 4.25. The van der Waals surface area contributed by atoms with Gasteiger partial charge in [-0.1, -0.05) is 6.07 Å². The normalized spacial score (nSPS) is 12.1. The van der Waals surface area contributed by atoms with Gasteiger partial charge in [0.1, 0.15) is 0 Å². The molecule has 0 heterocycles. The van der Waals surface area contributed by atoms with Crippen LogP contribution >= 0.6 is 11.8 Å². The van der Waals surface area contributed by atoms with Crippen LogP contribution in [0.25, 0.3) is 0 Å². The Hall–Kier alpha value is -1.16. The van der Waals surface area contributed by atoms with E-state index in [1.807, 2.05) is 37.4 Å². The van der Waals surface area contributed by atoms with Crippen LogP contribution in [0.4, 0.5) is 5.69 Å². The Labute approximate surface area is 93.9 Å². The van der Waals surface area contributed by atoms with Gasteiger partial charge in [0.25, 0.3) is 0 Å². The molecule has 0 spiro atoms. The van der Waals surface area contributed by atoms with Crippen molar-refractivity contribution in [1.82, 2.24) is 0 Å². The molecule has 0 aliphatic rings. The molecule has 0 saturated heterocycles. The maximum absolute atomic E-state index is 10.5. The summed E-state index contributed by atoms with van der Waals surface area (Å²) in [6.45, 7) is 1.86. The van der Waals surface area contributed by atoms with E-state index in [9.17, 15) is 4.79 Å². The van der Waals surface area contributed by atoms with E-state index in [0.29, 0.717) is 0 Å². The first-order valence-electron chi connectivity index (χ1n) is 4.74. The highest BCUT2D eigenvalue weighted by Crippen LogP contribution is 2.19. The van der Waals surface area contributed by atoms with E-state index in [0.717, 1.165) is 5.69 Å². The van der Waals surface area contributed by atoms with Crippen LogP contribution < -0.4 is 5.32 Å². The van der Waals surface area contributed by atoms with Crippen LogP contribution in [0.1, 0.15) is 13.3 Å². The summed E-state index contributed by atoms with van der Waals surface area (Å²) in [4.78, 5) is 11.6. The minimum atomic E-state index is -0.781. The first-order valence-corrected chi connectivity index (χ1v) is 5.96. The molecule has 1 aromatic carbocycles. The number of carbonyl (C=O) groups is 1. The molecular formula is C11H15NO2S. The Kier molecular flexibility index (Phi) is 4.49. The maximum atomic E-state index is 10.5. The number of carboxylic acids is 1. The molecule has 1 rings (SSSR count). The smallest absolute Gasteiger partial charge is 0.305 e. The first kappa shape index (κ1) is 11.9. The fourth-order valence-electron chi connectivity index (χ4n) is 1.31. The third-order valence-corrected chi connectivity index (χ3v) is 2.69. The molecule has 0 amide bonds. The van der Waals surface area contributed by atoms with Crippen molar-refractivity contribution in [2.45, 2.75) is 24.3 Å². The minimum absolute atomic E-state index is 0.0559. The predicted octanol–water partition coefficient (Wildman–Crippen LogP) is 2.68. The third-order valence-electron chi connectivity index (χ3n) is 1.96. The average Bonchev–Trinajstić information content (AvgIpc) is 2.16. The number of aliphatic carboxylic acids is 1. The summed E-state index contributed by atoms with van der Waals surface area (Å²) in [5, 5.41) is 11.8. The molecule has 1 aromatic rings. The lowest BCUT2D eigenvalue weighted by atomic mass is 10.2. The van der Waals surface area contributed by atoms with Crippen LogP contribution in [0, 0.1) is 0 Å². The summed E-state index contributed by atoms with van der Waals surface area (Å²) < 4.78 is 0. The monoisotopic (exact) mass is 225 g/mol. The number of hydrogen-bond donors (Lipinski definition) is 2. The second-order valence-electron chi connectivity index (χ2n) is 3.38. The summed E-state index contributed by atoms with van der Waals surface area (Å²) in [5.74, 6) is -0.781. The maximum Gasteiger partial charge on any atom is 0.305 e. The van der Waals surface area contributed by atoms with E-state index >= 15 is 0 Å². The van der Waals surface area contributed by atoms with Gasteiger partial charge in [0, 0.05) is 16.6 Å². The van der Waals surface area contributed by atoms with Gasteiger partial charge in [0.15, 0.2) is 0 Å². The predicted molar refractivity (Wildman–Crippen MR) is 63.6 cm³/mol. The molecule has 0 radical (unpaired) electrons. The van der Waals surface area contributed by atoms with Crippen molar-refractivity contribution >= 4 is 23.4 Å². The zero-order valence-electron chi connectivity index (χ0n) is 8.86. The van der Waals surface area contributed by atoms with Gasteiger partial charge in [-0.25, -0.2) is 0 Å². The molecule has 15 heavy (non-hydrogen) atoms. The van der Waals surface area contributed by atoms with Crippen molar-refractivity contribution < 1.29 is 9.90 Å². The van der Waals surface area contributed by atoms with Gasteiger partial charge < -0.3 is 10.4 Å². The summed E-state index contributed by atoms with van der Waals surface area (Å²) >= 11 is 1.67. The van der Waals surface area contributed by atoms with Gasteiger partial charge in [-0.3, -0.25) is 4.79 Å². The van der Waals surface area contributed by atoms with E-state index in [2.05, 4.69) is 5.32 Å². The molecule has 0 aliphatic carbocycles. The lowest BCUT2D eigenvalue weighted by molar-refractivity contribution is -0.137. The largest absolute Gasteiger partial charge is 0.481 e. The van der Waals surface area contributed by atoms with E-state index in [4.69, 9.17) is 5.11 Å². The highest BCUT2D eigenvalue weighted by molar-refractivity contribution is 7.98. The molecule has 0 bridgehead atoms. The molecule has 1 unspecified atom stereocenters. The van der Waals surface area contributed by atoms with Crippen LogP contribution in [0.3, 0.4) is 0 Å². The van der Waals surface area contributed by atoms with Crippen LogP contribution in [0.5, 0.6) is 0 Å². The molecule has 0 fully saturated rings. The highest BCUT2D eigenvalue weighted by Gasteiger charge is 2.06. The van der Waals surface area contributed by atoms with Gasteiger partial charge in [0.2, 0.25) is 0 Å². The number of hydrogen-bond acceptors (Lipinski definition) is 3. The fourth-order valence-corrected chi connectivity index (χ4v) is 1.77. The number of benzene rings is 1. The van der Waals surface area contributed by atoms with Crippen LogP contribution in [-0.2, 0) is 4.79 Å². The summed E-state index contributed by atoms with van der Waals surface area (Å²) in [7, 11) is 0. The van der Waals surface area contributed by atoms with Gasteiger partial charge in [-0.15, -0.1) is 11.8 Å². The molecule has 3 nitrogen and oxygen atoms in total. The zero-order chi connectivity index (χ0) is 11.3. The number of carboxylic acid groups (broad SMARTS) is 1. The van der Waals surface area contributed by atoms with Gasteiger partial charge in [-0.05, 0) is 31.4 Å². The number of anilines is 1. The highest BCUT2D eigenvalue weighted by atomic mass is 32.2. The standard InChI is InChI=1S/C11H15NO2S/c1-8(6-11(13)14)12-9-4-3-5-10(7-9)15-2/h3-5,7-8,12H,6H2,1-2H3,(H,13,14). The molecule has 1 atom stereocenters. The Balaban J connectivity index is 2.59. The molecule has 0 aromatic heterocycles. The lowest BCUT2D eigenvalue weighted by Crippen LogP contribution is -2.19. The second kappa shape index (κ2) is 5.66. The lowest BCUT2D eigenvalue weighted by Gasteiger charge is -2.13. The van der Waals surface area contributed by atoms with E-state index in [1.54, 1.807) is 11.8 Å². The first-order chi connectivity index (χ1) is 7.11. The van der Waals surface area contributed by atoms with Crippen molar-refractivity contribution in [2.75, 3.05) is 11.6 Å². The SMILES string of the molecule is CSc1cccc(NC(C)CC(=O)O)c1. The van der Waals surface area contributed by atoms with E-state index < -0.39 is 5.97 Å². The zero-order valence-corrected chi connectivity index (χ0v) is 9.67. The Morgan fingerprint density at radius 3 is 2.93 bits per heavy atom. The number of nitrogens with one attached hydrogen (secondary N) is 1. The third kappa shape index (κ3) is 4.25. The van der Waals surface area contributed by atoms with Crippen molar-refractivity contribution in [3.63, 3.8) is 0 Å². The van der Waals surface area contributed by atoms with Crippen molar-refractivity contribution in [3.8, 4) is 0 Å². The Morgan fingerprint density at radius 1 is 1.60 bits per heavy atom. The molecule has 4 heteroatoms. The summed E-state index contributed by atoms with van der Waals surface area (Å²) in [5.41, 5.74) is 0.968. The van der Waals surface area contributed by atoms with E-state index in [-0.39, 0.29) is 12.5 Å². The van der Waals surface area contributed by atoms with Crippen molar-refractivity contribution in [3.05, 3.63) is 24.3 Å². The quantitative estimate of drug-likeness (QED) is 0.756. The van der Waals surface area contributed by atoms with Gasteiger partial charge in [0.05, 0.1) is 6.42 Å². The van der Waals surface area contributed by atoms with Crippen LogP contribution in [0.2, 0.25) is 0 Å². The van der Waals surface area contributed by atoms with Crippen LogP contribution in [-0.4, -0.2) is 23.4 Å². The fraction of sp³-hybridized carbons (Fsp3) is 0.364.